The van der Waals surface area contributed by atoms with Crippen molar-refractivity contribution >= 4 is 107 Å². The van der Waals surface area contributed by atoms with E-state index in [1.165, 1.54) is 54.1 Å². The van der Waals surface area contributed by atoms with Crippen LogP contribution >= 0.6 is 70.0 Å². The lowest BCUT2D eigenvalue weighted by Crippen LogP contribution is -2.34. The van der Waals surface area contributed by atoms with E-state index in [4.69, 9.17) is 14.2 Å². The Bertz CT molecular complexity index is 2130. The number of rotatable bonds is 3. The molecule has 6 heterocycles. The van der Waals surface area contributed by atoms with Crippen molar-refractivity contribution in [3.05, 3.63) is 74.2 Å². The molecule has 0 N–H and O–H groups in total. The number of carbonyl (C=O) groups is 2. The number of carbonyl (C=O) groups excluding carboxylic acids is 2. The molecule has 3 aromatic carbocycles. The maximum atomic E-state index is 11.3. The van der Waals surface area contributed by atoms with Crippen molar-refractivity contribution in [1.82, 2.24) is 4.98 Å². The molecule has 2 aromatic heterocycles. The third kappa shape index (κ3) is 8.89. The molecule has 8 nitrogen and oxygen atoms in total. The van der Waals surface area contributed by atoms with Crippen LogP contribution in [0.1, 0.15) is 61.8 Å². The van der Waals surface area contributed by atoms with Crippen LogP contribution in [-0.2, 0) is 35.4 Å². The standard InChI is InChI=1S/C14H15NO2S.C12H14NOS.C10H9NOS.C2H3ClO.CH4.HI/c1-3-15-13(8-9(2)16)18-12-5-4-11-10(14(12)15)6-7-17-11;1-3-13-8(2)15-11-5-4-10-9(12(11)13)6-7-14-10;1-6-11-10-7-4-5-12-8(7)2-3-9(10)13-6;1-2(3)4;;/h4-5,8H,3,6-7H2,1-2H3;4-5H,3,6-7H2,1-2H3;2-3H,4-5H2,1H3;1H3;1H4;1H/q;+1;;;;/b13-8-;;;;;. The zero-order chi connectivity index (χ0) is 35.5. The van der Waals surface area contributed by atoms with E-state index in [9.17, 15) is 9.59 Å². The monoisotopic (exact) mass is 894 g/mol. The number of aromatic nitrogens is 2. The van der Waals surface area contributed by atoms with E-state index in [0.717, 1.165) is 85.0 Å². The van der Waals surface area contributed by atoms with Gasteiger partial charge in [0.15, 0.2) is 5.78 Å². The Labute approximate surface area is 340 Å². The maximum absolute atomic E-state index is 11.3. The SMILES string of the molecule is C.CC(=O)Cl.CCN1/C(=C/C(C)=O)Sc2ccc3c(c21)CCO3.CC[n+]1c(C)sc2ccc3c(c21)CCO3.Cc1nc2c3c(ccc2s1)OCC3.I. The van der Waals surface area contributed by atoms with Gasteiger partial charge in [0.25, 0.3) is 0 Å². The molecule has 5 aromatic rings. The molecule has 52 heavy (non-hydrogen) atoms. The molecule has 0 saturated carbocycles. The third-order valence-corrected chi connectivity index (χ3v) is 11.7. The number of thiazole rings is 2. The van der Waals surface area contributed by atoms with Crippen LogP contribution < -0.4 is 23.7 Å². The smallest absolute Gasteiger partial charge is 0.235 e. The van der Waals surface area contributed by atoms with Crippen molar-refractivity contribution in [3.8, 4) is 17.2 Å². The minimum atomic E-state index is -0.361. The van der Waals surface area contributed by atoms with E-state index in [1.54, 1.807) is 36.1 Å². The summed E-state index contributed by atoms with van der Waals surface area (Å²) in [6, 6.07) is 12.6. The van der Waals surface area contributed by atoms with E-state index < -0.39 is 0 Å². The summed E-state index contributed by atoms with van der Waals surface area (Å²) in [6.07, 6.45) is 4.75. The summed E-state index contributed by atoms with van der Waals surface area (Å²) in [5.41, 5.74) is 7.77. The van der Waals surface area contributed by atoms with E-state index >= 15 is 0 Å². The highest BCUT2D eigenvalue weighted by atomic mass is 127. The van der Waals surface area contributed by atoms with Gasteiger partial charge in [-0.1, -0.05) is 30.5 Å². The maximum Gasteiger partial charge on any atom is 0.235 e. The van der Waals surface area contributed by atoms with Crippen LogP contribution in [0, 0.1) is 13.8 Å². The Kier molecular flexibility index (Phi) is 14.8. The quantitative estimate of drug-likeness (QED) is 0.0767. The molecule has 0 saturated heterocycles. The molecular formula is C39H46ClIN3O5S3+. The van der Waals surface area contributed by atoms with Gasteiger partial charge in [-0.25, -0.2) is 4.98 Å². The molecule has 13 heteroatoms. The number of hydrogen-bond donors (Lipinski definition) is 0. The van der Waals surface area contributed by atoms with Crippen molar-refractivity contribution in [2.45, 2.75) is 79.7 Å². The van der Waals surface area contributed by atoms with Crippen molar-refractivity contribution in [3.63, 3.8) is 0 Å². The fourth-order valence-corrected chi connectivity index (χ4v) is 9.85. The molecule has 0 aliphatic carbocycles. The van der Waals surface area contributed by atoms with E-state index in [1.807, 2.05) is 24.3 Å². The summed E-state index contributed by atoms with van der Waals surface area (Å²) in [5, 5.41) is 3.18. The average molecular weight is 895 g/mol. The zero-order valence-electron chi connectivity index (χ0n) is 29.6. The topological polar surface area (TPSA) is 81.8 Å². The summed E-state index contributed by atoms with van der Waals surface area (Å²) in [4.78, 5) is 28.5. The van der Waals surface area contributed by atoms with Gasteiger partial charge in [-0.15, -0.1) is 35.3 Å². The molecule has 4 aliphatic rings. The van der Waals surface area contributed by atoms with Crippen molar-refractivity contribution in [2.75, 3.05) is 31.3 Å². The Balaban J connectivity index is 0.000000164. The van der Waals surface area contributed by atoms with Gasteiger partial charge in [0.05, 0.1) is 51.3 Å². The number of anilines is 1. The van der Waals surface area contributed by atoms with E-state index in [0.29, 0.717) is 0 Å². The second-order valence-corrected chi connectivity index (χ2v) is 16.0. The van der Waals surface area contributed by atoms with Gasteiger partial charge >= 0.3 is 0 Å². The van der Waals surface area contributed by atoms with Crippen molar-refractivity contribution in [2.24, 2.45) is 0 Å². The Morgan fingerprint density at radius 3 is 2.04 bits per heavy atom. The number of nitrogens with zero attached hydrogens (tertiary/aromatic N) is 3. The predicted octanol–water partition coefficient (Wildman–Crippen LogP) is 10.0. The summed E-state index contributed by atoms with van der Waals surface area (Å²) < 4.78 is 21.8. The highest BCUT2D eigenvalue weighted by molar-refractivity contribution is 14.0. The number of fused-ring (bicyclic) bond motifs is 9. The summed E-state index contributed by atoms with van der Waals surface area (Å²) in [7, 11) is 0. The molecular weight excluding hydrogens is 849 g/mol. The first kappa shape index (κ1) is 41.8. The normalized spacial score (nSPS) is 14.8. The molecule has 0 radical (unpaired) electrons. The summed E-state index contributed by atoms with van der Waals surface area (Å²) in [6.45, 7) is 15.8. The first-order valence-electron chi connectivity index (χ1n) is 16.8. The van der Waals surface area contributed by atoms with Gasteiger partial charge in [0.1, 0.15) is 28.5 Å². The number of aryl methyl sites for hydroxylation is 3. The van der Waals surface area contributed by atoms with Crippen LogP contribution in [0.2, 0.25) is 0 Å². The van der Waals surface area contributed by atoms with Gasteiger partial charge in [-0.2, -0.15) is 4.57 Å². The molecule has 0 atom stereocenters. The van der Waals surface area contributed by atoms with E-state index in [-0.39, 0.29) is 42.4 Å². The van der Waals surface area contributed by atoms with Gasteiger partial charge in [-0.05, 0) is 75.7 Å². The van der Waals surface area contributed by atoms with Crippen LogP contribution in [0.15, 0.2) is 52.4 Å². The van der Waals surface area contributed by atoms with Crippen LogP contribution in [0.25, 0.3) is 20.4 Å². The fraction of sp³-hybridized carbons (Fsp3) is 0.385. The number of hydrogen-bond acceptors (Lipinski definition) is 10. The van der Waals surface area contributed by atoms with Gasteiger partial charge in [0, 0.05) is 61.8 Å². The second-order valence-electron chi connectivity index (χ2n) is 12.0. The molecule has 278 valence electrons. The molecule has 0 spiro atoms. The Hall–Kier alpha value is -2.91. The van der Waals surface area contributed by atoms with Crippen LogP contribution in [0.3, 0.4) is 0 Å². The summed E-state index contributed by atoms with van der Waals surface area (Å²) in [5.74, 6) is 3.20. The van der Waals surface area contributed by atoms with Gasteiger partial charge in [0.2, 0.25) is 15.8 Å². The van der Waals surface area contributed by atoms with Crippen molar-refractivity contribution in [1.29, 1.82) is 0 Å². The summed E-state index contributed by atoms with van der Waals surface area (Å²) >= 11 is 9.94. The molecule has 4 aliphatic heterocycles. The fourth-order valence-electron chi connectivity index (χ4n) is 6.64. The molecule has 0 unspecified atom stereocenters. The molecule has 9 rings (SSSR count). The number of halogens is 2. The lowest BCUT2D eigenvalue weighted by atomic mass is 10.1. The number of ketones is 1. The van der Waals surface area contributed by atoms with Crippen LogP contribution in [0.5, 0.6) is 17.2 Å². The van der Waals surface area contributed by atoms with Crippen LogP contribution in [0.4, 0.5) is 5.69 Å². The molecule has 0 fully saturated rings. The minimum Gasteiger partial charge on any atom is -0.493 e. The number of thioether (sulfide) groups is 1. The number of ether oxygens (including phenoxy) is 3. The average Bonchev–Trinajstić information content (AvgIpc) is 3.91. The number of benzene rings is 3. The van der Waals surface area contributed by atoms with Gasteiger partial charge < -0.3 is 19.1 Å². The highest BCUT2D eigenvalue weighted by Gasteiger charge is 2.31. The second kappa shape index (κ2) is 18.4. The lowest BCUT2D eigenvalue weighted by Gasteiger charge is -2.19. The minimum absolute atomic E-state index is 0. The first-order chi connectivity index (χ1) is 24.1. The molecule has 0 amide bonds. The number of allylic oxidation sites excluding steroid dienone is 1. The lowest BCUT2D eigenvalue weighted by molar-refractivity contribution is -0.669. The zero-order valence-corrected chi connectivity index (χ0v) is 35.1. The first-order valence-corrected chi connectivity index (χ1v) is 19.6. The molecule has 0 bridgehead atoms. The third-order valence-electron chi connectivity index (χ3n) is 8.58. The predicted molar refractivity (Wildman–Crippen MR) is 227 cm³/mol. The largest absolute Gasteiger partial charge is 0.493 e. The van der Waals surface area contributed by atoms with Crippen LogP contribution in [-0.4, -0.2) is 42.4 Å². The van der Waals surface area contributed by atoms with Crippen molar-refractivity contribution < 1.29 is 28.4 Å². The Morgan fingerprint density at radius 2 is 1.42 bits per heavy atom. The highest BCUT2D eigenvalue weighted by Crippen LogP contribution is 2.51. The van der Waals surface area contributed by atoms with E-state index in [2.05, 4.69) is 77.2 Å². The van der Waals surface area contributed by atoms with Gasteiger partial charge in [-0.3, -0.25) is 9.59 Å². The Morgan fingerprint density at radius 1 is 0.865 bits per heavy atom.